The van der Waals surface area contributed by atoms with Gasteiger partial charge in [-0.1, -0.05) is 43.7 Å². The van der Waals surface area contributed by atoms with Crippen LogP contribution in [0.25, 0.3) is 0 Å². The number of quaternary nitrogens is 2. The van der Waals surface area contributed by atoms with Crippen molar-refractivity contribution in [3.63, 3.8) is 0 Å². The zero-order valence-corrected chi connectivity index (χ0v) is 14.3. The van der Waals surface area contributed by atoms with Crippen LogP contribution in [0.4, 0.5) is 0 Å². The number of rotatable bonds is 5. The molecule has 2 aliphatic rings. The van der Waals surface area contributed by atoms with Crippen molar-refractivity contribution < 1.29 is 9.80 Å². The zero-order chi connectivity index (χ0) is 15.2. The van der Waals surface area contributed by atoms with Crippen molar-refractivity contribution in [2.24, 2.45) is 5.92 Å². The monoisotopic (exact) mass is 302 g/mol. The number of piperazine rings is 1. The van der Waals surface area contributed by atoms with Crippen LogP contribution in [0.5, 0.6) is 0 Å². The van der Waals surface area contributed by atoms with Crippen LogP contribution in [0.15, 0.2) is 30.3 Å². The van der Waals surface area contributed by atoms with E-state index in [1.54, 1.807) is 0 Å². The first kappa shape index (κ1) is 16.0. The van der Waals surface area contributed by atoms with Gasteiger partial charge in [-0.3, -0.25) is 0 Å². The van der Waals surface area contributed by atoms with E-state index in [1.807, 2.05) is 9.80 Å². The summed E-state index contributed by atoms with van der Waals surface area (Å²) in [5.41, 5.74) is 1.50. The van der Waals surface area contributed by atoms with Gasteiger partial charge >= 0.3 is 0 Å². The highest BCUT2D eigenvalue weighted by Crippen LogP contribution is 2.21. The molecule has 122 valence electrons. The third-order valence-corrected chi connectivity index (χ3v) is 5.95. The lowest BCUT2D eigenvalue weighted by molar-refractivity contribution is -1.02. The average Bonchev–Trinajstić information content (AvgIpc) is 2.56. The highest BCUT2D eigenvalue weighted by atomic mass is 15.3. The highest BCUT2D eigenvalue weighted by Gasteiger charge is 2.31. The molecule has 2 fully saturated rings. The van der Waals surface area contributed by atoms with Gasteiger partial charge in [-0.05, 0) is 30.7 Å². The van der Waals surface area contributed by atoms with E-state index in [0.29, 0.717) is 0 Å². The molecule has 2 heteroatoms. The van der Waals surface area contributed by atoms with E-state index in [1.165, 1.54) is 76.8 Å². The molecule has 1 aromatic rings. The highest BCUT2D eigenvalue weighted by molar-refractivity contribution is 5.14. The predicted molar refractivity (Wildman–Crippen MR) is 92.4 cm³/mol. The summed E-state index contributed by atoms with van der Waals surface area (Å²) in [5.74, 6) is 0.975. The molecule has 1 heterocycles. The van der Waals surface area contributed by atoms with Crippen molar-refractivity contribution in [3.8, 4) is 0 Å². The molecule has 2 atom stereocenters. The van der Waals surface area contributed by atoms with Crippen molar-refractivity contribution in [2.45, 2.75) is 51.5 Å². The van der Waals surface area contributed by atoms with Crippen molar-refractivity contribution in [1.29, 1.82) is 0 Å². The second kappa shape index (κ2) is 8.12. The number of benzene rings is 1. The van der Waals surface area contributed by atoms with Crippen LogP contribution >= 0.6 is 0 Å². The fourth-order valence-electron chi connectivity index (χ4n) is 4.58. The van der Waals surface area contributed by atoms with E-state index in [0.717, 1.165) is 12.0 Å². The molecule has 0 amide bonds. The van der Waals surface area contributed by atoms with Gasteiger partial charge in [0.2, 0.25) is 0 Å². The molecule has 1 aliphatic carbocycles. The minimum absolute atomic E-state index is 0.975. The number of aryl methyl sites for hydroxylation is 1. The Morgan fingerprint density at radius 3 is 2.50 bits per heavy atom. The lowest BCUT2D eigenvalue weighted by atomic mass is 9.86. The van der Waals surface area contributed by atoms with Crippen LogP contribution in [-0.4, -0.2) is 38.8 Å². The van der Waals surface area contributed by atoms with E-state index >= 15 is 0 Å². The summed E-state index contributed by atoms with van der Waals surface area (Å²) < 4.78 is 0. The standard InChI is InChI=1S/C20H32N2/c1-18-7-5-11-20(17-18)22-15-13-21(14-16-22)12-6-10-19-8-3-2-4-9-19/h2-4,8-9,18,20H,5-7,10-17H2,1H3/p+2/t18-,20+/m1/s1. The Morgan fingerprint density at radius 2 is 1.77 bits per heavy atom. The third-order valence-electron chi connectivity index (χ3n) is 5.95. The Bertz CT molecular complexity index is 423. The van der Waals surface area contributed by atoms with E-state index in [-0.39, 0.29) is 0 Å². The molecule has 0 bridgehead atoms. The fraction of sp³-hybridized carbons (Fsp3) is 0.700. The summed E-state index contributed by atoms with van der Waals surface area (Å²) in [6.45, 7) is 9.44. The quantitative estimate of drug-likeness (QED) is 0.802. The van der Waals surface area contributed by atoms with Crippen LogP contribution in [0, 0.1) is 5.92 Å². The van der Waals surface area contributed by atoms with Crippen molar-refractivity contribution >= 4 is 0 Å². The van der Waals surface area contributed by atoms with Gasteiger partial charge in [0.15, 0.2) is 0 Å². The number of hydrogen-bond acceptors (Lipinski definition) is 0. The Kier molecular flexibility index (Phi) is 5.91. The summed E-state index contributed by atoms with van der Waals surface area (Å²) in [4.78, 5) is 3.78. The second-order valence-corrected chi connectivity index (χ2v) is 7.72. The summed E-state index contributed by atoms with van der Waals surface area (Å²) in [7, 11) is 0. The van der Waals surface area contributed by atoms with Gasteiger partial charge in [-0.25, -0.2) is 0 Å². The first-order valence-electron chi connectivity index (χ1n) is 9.53. The Hall–Kier alpha value is -0.860. The van der Waals surface area contributed by atoms with Crippen molar-refractivity contribution in [2.75, 3.05) is 32.7 Å². The topological polar surface area (TPSA) is 8.88 Å². The van der Waals surface area contributed by atoms with Gasteiger partial charge in [0.1, 0.15) is 26.2 Å². The number of hydrogen-bond donors (Lipinski definition) is 2. The van der Waals surface area contributed by atoms with E-state index in [4.69, 9.17) is 0 Å². The lowest BCUT2D eigenvalue weighted by Crippen LogP contribution is -3.29. The zero-order valence-electron chi connectivity index (χ0n) is 14.3. The average molecular weight is 303 g/mol. The Labute approximate surface area is 136 Å². The smallest absolute Gasteiger partial charge is 0.127 e. The first-order valence-corrected chi connectivity index (χ1v) is 9.53. The summed E-state index contributed by atoms with van der Waals surface area (Å²) in [5, 5.41) is 0. The van der Waals surface area contributed by atoms with E-state index in [9.17, 15) is 0 Å². The Morgan fingerprint density at radius 1 is 1.00 bits per heavy atom. The first-order chi connectivity index (χ1) is 10.8. The SMILES string of the molecule is C[C@@H]1CCC[C@H]([NH+]2CC[NH+](CCCc3ccccc3)CC2)C1. The normalized spacial score (nSPS) is 32.8. The minimum atomic E-state index is 0.975. The molecule has 22 heavy (non-hydrogen) atoms. The molecule has 2 nitrogen and oxygen atoms in total. The molecule has 0 unspecified atom stereocenters. The molecule has 0 aromatic heterocycles. The molecule has 1 saturated heterocycles. The molecular formula is C20H34N2+2. The van der Waals surface area contributed by atoms with Crippen LogP contribution < -0.4 is 9.80 Å². The molecule has 1 saturated carbocycles. The van der Waals surface area contributed by atoms with Gasteiger partial charge in [0.05, 0.1) is 12.6 Å². The third kappa shape index (κ3) is 4.57. The molecule has 0 spiro atoms. The summed E-state index contributed by atoms with van der Waals surface area (Å²) in [6.07, 6.45) is 8.52. The van der Waals surface area contributed by atoms with Crippen LogP contribution in [0.1, 0.15) is 44.6 Å². The van der Waals surface area contributed by atoms with Crippen molar-refractivity contribution in [3.05, 3.63) is 35.9 Å². The van der Waals surface area contributed by atoms with Crippen LogP contribution in [0.3, 0.4) is 0 Å². The van der Waals surface area contributed by atoms with Gasteiger partial charge in [-0.15, -0.1) is 0 Å². The molecule has 0 radical (unpaired) electrons. The molecule has 2 N–H and O–H groups in total. The summed E-state index contributed by atoms with van der Waals surface area (Å²) >= 11 is 0. The van der Waals surface area contributed by atoms with E-state index in [2.05, 4.69) is 37.3 Å². The second-order valence-electron chi connectivity index (χ2n) is 7.72. The maximum absolute atomic E-state index is 2.46. The number of nitrogens with one attached hydrogen (secondary N) is 2. The molecular weight excluding hydrogens is 268 g/mol. The van der Waals surface area contributed by atoms with Gasteiger partial charge in [0, 0.05) is 12.8 Å². The predicted octanol–water partition coefficient (Wildman–Crippen LogP) is 0.981. The van der Waals surface area contributed by atoms with Crippen molar-refractivity contribution in [1.82, 2.24) is 0 Å². The molecule has 1 aromatic carbocycles. The van der Waals surface area contributed by atoms with Crippen LogP contribution in [-0.2, 0) is 6.42 Å². The van der Waals surface area contributed by atoms with Gasteiger partial charge in [0.25, 0.3) is 0 Å². The fourth-order valence-corrected chi connectivity index (χ4v) is 4.58. The lowest BCUT2D eigenvalue weighted by Gasteiger charge is -2.37. The van der Waals surface area contributed by atoms with Crippen LogP contribution in [0.2, 0.25) is 0 Å². The summed E-state index contributed by atoms with van der Waals surface area (Å²) in [6, 6.07) is 12.0. The molecule has 3 rings (SSSR count). The van der Waals surface area contributed by atoms with E-state index < -0.39 is 0 Å². The van der Waals surface area contributed by atoms with Gasteiger partial charge in [-0.2, -0.15) is 0 Å². The Balaban J connectivity index is 1.35. The maximum atomic E-state index is 2.46. The molecule has 1 aliphatic heterocycles. The maximum Gasteiger partial charge on any atom is 0.127 e. The van der Waals surface area contributed by atoms with Gasteiger partial charge < -0.3 is 9.80 Å². The minimum Gasteiger partial charge on any atom is -0.326 e. The largest absolute Gasteiger partial charge is 0.326 e.